The van der Waals surface area contributed by atoms with Crippen molar-refractivity contribution in [1.82, 2.24) is 9.62 Å². The van der Waals surface area contributed by atoms with Gasteiger partial charge in [0.1, 0.15) is 5.75 Å². The van der Waals surface area contributed by atoms with Crippen molar-refractivity contribution in [3.63, 3.8) is 0 Å². The smallest absolute Gasteiger partial charge is 0.240 e. The van der Waals surface area contributed by atoms with Crippen molar-refractivity contribution in [2.45, 2.75) is 23.9 Å². The van der Waals surface area contributed by atoms with Crippen molar-refractivity contribution in [1.29, 1.82) is 0 Å². The summed E-state index contributed by atoms with van der Waals surface area (Å²) in [6.45, 7) is 1.96. The van der Waals surface area contributed by atoms with Gasteiger partial charge in [-0.05, 0) is 59.5 Å². The Morgan fingerprint density at radius 2 is 1.64 bits per heavy atom. The minimum absolute atomic E-state index is 0.0809. The lowest BCUT2D eigenvalue weighted by Gasteiger charge is -2.36. The van der Waals surface area contributed by atoms with Crippen LogP contribution in [0.15, 0.2) is 77.7 Å². The van der Waals surface area contributed by atoms with Crippen LogP contribution in [-0.2, 0) is 23.0 Å². The summed E-state index contributed by atoms with van der Waals surface area (Å²) in [6.07, 6.45) is 0.952. The monoisotopic (exact) mass is 465 g/mol. The second-order valence-electron chi connectivity index (χ2n) is 8.52. The summed E-state index contributed by atoms with van der Waals surface area (Å²) in [5, 5.41) is 0. The van der Waals surface area contributed by atoms with Crippen molar-refractivity contribution in [2.24, 2.45) is 0 Å². The lowest BCUT2D eigenvalue weighted by Crippen LogP contribution is -2.40. The van der Waals surface area contributed by atoms with Gasteiger partial charge in [-0.25, -0.2) is 13.1 Å². The fourth-order valence-corrected chi connectivity index (χ4v) is 5.30. The molecule has 0 fully saturated rings. The number of hydrogen-bond donors (Lipinski definition) is 1. The van der Waals surface area contributed by atoms with Gasteiger partial charge >= 0.3 is 0 Å². The molecule has 6 nitrogen and oxygen atoms in total. The number of benzene rings is 3. The summed E-state index contributed by atoms with van der Waals surface area (Å²) < 4.78 is 34.0. The maximum atomic E-state index is 13.0. The molecule has 1 aliphatic rings. The van der Waals surface area contributed by atoms with Gasteiger partial charge < -0.3 is 9.64 Å². The lowest BCUT2D eigenvalue weighted by atomic mass is 9.96. The van der Waals surface area contributed by atoms with E-state index in [-0.39, 0.29) is 17.5 Å². The van der Waals surface area contributed by atoms with E-state index in [0.717, 1.165) is 30.8 Å². The average Bonchev–Trinajstić information content (AvgIpc) is 2.84. The number of nitrogens with zero attached hydrogens (tertiary/aromatic N) is 2. The molecule has 1 atom stereocenters. The van der Waals surface area contributed by atoms with E-state index in [0.29, 0.717) is 5.75 Å². The predicted octanol–water partition coefficient (Wildman–Crippen LogP) is 3.84. The molecule has 33 heavy (non-hydrogen) atoms. The maximum absolute atomic E-state index is 13.0. The standard InChI is InChI=1S/C26H31N3O3S/c1-28(2)23-10-8-21(9-11-23)26(29-17-16-20-6-4-5-7-22(20)19-29)18-27-33(30,31)25-14-12-24(32-3)13-15-25/h4-15,26-27H,16-19H2,1-3H3/t26-/m0/s1. The number of anilines is 1. The molecular formula is C26H31N3O3S. The highest BCUT2D eigenvalue weighted by Gasteiger charge is 2.27. The third kappa shape index (κ3) is 5.38. The molecule has 1 N–H and O–H groups in total. The summed E-state index contributed by atoms with van der Waals surface area (Å²) in [7, 11) is 1.93. The van der Waals surface area contributed by atoms with Gasteiger partial charge in [0.15, 0.2) is 0 Å². The van der Waals surface area contributed by atoms with Gasteiger partial charge in [0.2, 0.25) is 10.0 Å². The van der Waals surface area contributed by atoms with Gasteiger partial charge in [0.05, 0.1) is 12.0 Å². The van der Waals surface area contributed by atoms with Crippen LogP contribution in [0.2, 0.25) is 0 Å². The first-order valence-corrected chi connectivity index (χ1v) is 12.6. The van der Waals surface area contributed by atoms with Crippen LogP contribution in [-0.4, -0.2) is 47.6 Å². The molecule has 3 aromatic carbocycles. The highest BCUT2D eigenvalue weighted by atomic mass is 32.2. The zero-order valence-corrected chi connectivity index (χ0v) is 20.2. The molecule has 0 saturated heterocycles. The molecular weight excluding hydrogens is 434 g/mol. The van der Waals surface area contributed by atoms with E-state index in [2.05, 4.69) is 63.1 Å². The number of sulfonamides is 1. The SMILES string of the molecule is COc1ccc(S(=O)(=O)NC[C@@H](c2ccc(N(C)C)cc2)N2CCc3ccccc3C2)cc1. The Morgan fingerprint density at radius 3 is 2.27 bits per heavy atom. The van der Waals surface area contributed by atoms with Gasteiger partial charge in [0.25, 0.3) is 0 Å². The van der Waals surface area contributed by atoms with Crippen LogP contribution in [0.25, 0.3) is 0 Å². The van der Waals surface area contributed by atoms with Crippen LogP contribution < -0.4 is 14.4 Å². The van der Waals surface area contributed by atoms with E-state index in [1.165, 1.54) is 11.1 Å². The van der Waals surface area contributed by atoms with E-state index in [4.69, 9.17) is 4.74 Å². The fraction of sp³-hybridized carbons (Fsp3) is 0.308. The molecule has 174 valence electrons. The molecule has 0 unspecified atom stereocenters. The minimum Gasteiger partial charge on any atom is -0.497 e. The molecule has 7 heteroatoms. The summed E-state index contributed by atoms with van der Waals surface area (Å²) in [5.41, 5.74) is 4.88. The number of methoxy groups -OCH3 is 1. The molecule has 0 aromatic heterocycles. The van der Waals surface area contributed by atoms with Gasteiger partial charge in [0, 0.05) is 45.5 Å². The average molecular weight is 466 g/mol. The number of rotatable bonds is 8. The first-order chi connectivity index (χ1) is 15.9. The van der Waals surface area contributed by atoms with E-state index in [9.17, 15) is 8.42 Å². The minimum atomic E-state index is -3.65. The van der Waals surface area contributed by atoms with E-state index in [1.807, 2.05) is 14.1 Å². The van der Waals surface area contributed by atoms with Crippen LogP contribution in [0.4, 0.5) is 5.69 Å². The van der Waals surface area contributed by atoms with E-state index in [1.54, 1.807) is 31.4 Å². The molecule has 0 saturated carbocycles. The van der Waals surface area contributed by atoms with Crippen LogP contribution in [0.3, 0.4) is 0 Å². The van der Waals surface area contributed by atoms with Gasteiger partial charge in [-0.1, -0.05) is 36.4 Å². The molecule has 1 aliphatic heterocycles. The molecule has 0 aliphatic carbocycles. The third-order valence-corrected chi connectivity index (χ3v) is 7.67. The lowest BCUT2D eigenvalue weighted by molar-refractivity contribution is 0.180. The zero-order valence-electron chi connectivity index (χ0n) is 19.4. The Balaban J connectivity index is 1.58. The molecule has 0 radical (unpaired) electrons. The molecule has 3 aromatic rings. The number of fused-ring (bicyclic) bond motifs is 1. The number of ether oxygens (including phenoxy) is 1. The van der Waals surface area contributed by atoms with Gasteiger partial charge in [-0.3, -0.25) is 4.90 Å². The second-order valence-corrected chi connectivity index (χ2v) is 10.3. The molecule has 0 bridgehead atoms. The Hall–Kier alpha value is -2.87. The molecule has 4 rings (SSSR count). The van der Waals surface area contributed by atoms with Crippen LogP contribution >= 0.6 is 0 Å². The number of hydrogen-bond acceptors (Lipinski definition) is 5. The highest BCUT2D eigenvalue weighted by Crippen LogP contribution is 2.29. The second kappa shape index (κ2) is 9.95. The Labute approximate surface area is 196 Å². The van der Waals surface area contributed by atoms with Crippen LogP contribution in [0.1, 0.15) is 22.7 Å². The van der Waals surface area contributed by atoms with Gasteiger partial charge in [-0.2, -0.15) is 0 Å². The first-order valence-electron chi connectivity index (χ1n) is 11.1. The number of nitrogens with one attached hydrogen (secondary N) is 1. The van der Waals surface area contributed by atoms with Crippen molar-refractivity contribution in [3.05, 3.63) is 89.5 Å². The van der Waals surface area contributed by atoms with Crippen LogP contribution in [0.5, 0.6) is 5.75 Å². The van der Waals surface area contributed by atoms with Crippen molar-refractivity contribution in [2.75, 3.05) is 39.2 Å². The predicted molar refractivity (Wildman–Crippen MR) is 132 cm³/mol. The van der Waals surface area contributed by atoms with Crippen molar-refractivity contribution in [3.8, 4) is 5.75 Å². The summed E-state index contributed by atoms with van der Waals surface area (Å²) in [5.74, 6) is 0.625. The summed E-state index contributed by atoms with van der Waals surface area (Å²) >= 11 is 0. The third-order valence-electron chi connectivity index (χ3n) is 6.23. The molecule has 1 heterocycles. The Kier molecular flexibility index (Phi) is 7.02. The summed E-state index contributed by atoms with van der Waals surface area (Å²) in [6, 6.07) is 23.2. The highest BCUT2D eigenvalue weighted by molar-refractivity contribution is 7.89. The fourth-order valence-electron chi connectivity index (χ4n) is 4.26. The molecule has 0 amide bonds. The van der Waals surface area contributed by atoms with Crippen molar-refractivity contribution < 1.29 is 13.2 Å². The maximum Gasteiger partial charge on any atom is 0.240 e. The molecule has 0 spiro atoms. The van der Waals surface area contributed by atoms with Crippen LogP contribution in [0, 0.1) is 0 Å². The zero-order chi connectivity index (χ0) is 23.4. The van der Waals surface area contributed by atoms with E-state index >= 15 is 0 Å². The normalized spacial score (nSPS) is 15.0. The quantitative estimate of drug-likeness (QED) is 0.548. The Bertz CT molecular complexity index is 1180. The Morgan fingerprint density at radius 1 is 0.970 bits per heavy atom. The van der Waals surface area contributed by atoms with Crippen molar-refractivity contribution >= 4 is 15.7 Å². The van der Waals surface area contributed by atoms with Gasteiger partial charge in [-0.15, -0.1) is 0 Å². The first kappa shape index (κ1) is 23.3. The summed E-state index contributed by atoms with van der Waals surface area (Å²) in [4.78, 5) is 4.65. The largest absolute Gasteiger partial charge is 0.497 e. The topological polar surface area (TPSA) is 61.9 Å². The van der Waals surface area contributed by atoms with E-state index < -0.39 is 10.0 Å².